The molecular weight excluding hydrogens is 428 g/mol. The molecule has 5 aromatic rings. The number of pyridine rings is 1. The number of hydrogen-bond donors (Lipinski definition) is 1. The number of hydrogen-bond acceptors (Lipinski definition) is 6. The van der Waals surface area contributed by atoms with Gasteiger partial charge in [0, 0.05) is 36.1 Å². The van der Waals surface area contributed by atoms with Crippen LogP contribution in [0.1, 0.15) is 5.56 Å². The van der Waals surface area contributed by atoms with Crippen molar-refractivity contribution in [1.29, 1.82) is 5.26 Å². The summed E-state index contributed by atoms with van der Waals surface area (Å²) in [4.78, 5) is 20.6. The fraction of sp³-hybridized carbons (Fsp3) is 0.0400. The number of nitrogens with one attached hydrogen (secondary N) is 1. The average molecular weight is 446 g/mol. The quantitative estimate of drug-likeness (QED) is 0.410. The van der Waals surface area contributed by atoms with Crippen LogP contribution in [0.15, 0.2) is 80.0 Å². The van der Waals surface area contributed by atoms with Gasteiger partial charge < -0.3 is 5.32 Å². The lowest BCUT2D eigenvalue weighted by molar-refractivity contribution is -0.111. The van der Waals surface area contributed by atoms with Gasteiger partial charge in [-0.3, -0.25) is 9.48 Å². The molecular formula is C25H18N8O. The Labute approximate surface area is 194 Å². The zero-order valence-corrected chi connectivity index (χ0v) is 18.2. The molecule has 5 rings (SSSR count). The predicted molar refractivity (Wildman–Crippen MR) is 127 cm³/mol. The van der Waals surface area contributed by atoms with E-state index >= 15 is 0 Å². The fourth-order valence-corrected chi connectivity index (χ4v) is 3.63. The largest absolute Gasteiger partial charge is 0.307 e. The van der Waals surface area contributed by atoms with Gasteiger partial charge in [-0.05, 0) is 23.8 Å². The highest BCUT2D eigenvalue weighted by Gasteiger charge is 2.16. The maximum atomic E-state index is 11.4. The zero-order chi connectivity index (χ0) is 23.7. The molecule has 0 bridgehead atoms. The van der Waals surface area contributed by atoms with E-state index in [0.717, 1.165) is 22.3 Å². The number of rotatable bonds is 5. The Hall–Kier alpha value is -5.10. The third kappa shape index (κ3) is 3.80. The molecule has 0 aliphatic heterocycles. The van der Waals surface area contributed by atoms with E-state index in [4.69, 9.17) is 4.98 Å². The van der Waals surface area contributed by atoms with Gasteiger partial charge in [-0.25, -0.2) is 14.5 Å². The summed E-state index contributed by atoms with van der Waals surface area (Å²) in [7, 11) is 1.85. The van der Waals surface area contributed by atoms with Crippen LogP contribution in [0.25, 0.3) is 39.2 Å². The van der Waals surface area contributed by atoms with Crippen LogP contribution in [-0.4, -0.2) is 35.3 Å². The summed E-state index contributed by atoms with van der Waals surface area (Å²) in [5, 5.41) is 20.8. The second-order valence-electron chi connectivity index (χ2n) is 7.54. The Balaban J connectivity index is 1.54. The summed E-state index contributed by atoms with van der Waals surface area (Å²) in [5.74, 6) is 0.141. The number of anilines is 1. The van der Waals surface area contributed by atoms with E-state index in [9.17, 15) is 10.1 Å². The van der Waals surface area contributed by atoms with E-state index in [1.54, 1.807) is 40.1 Å². The summed E-state index contributed by atoms with van der Waals surface area (Å²) < 4.78 is 3.39. The highest BCUT2D eigenvalue weighted by molar-refractivity contribution is 5.98. The van der Waals surface area contributed by atoms with Gasteiger partial charge in [-0.2, -0.15) is 15.5 Å². The van der Waals surface area contributed by atoms with Crippen LogP contribution in [0.4, 0.5) is 5.82 Å². The molecule has 1 aromatic carbocycles. The second-order valence-corrected chi connectivity index (χ2v) is 7.54. The first kappa shape index (κ1) is 20.8. The average Bonchev–Trinajstić information content (AvgIpc) is 3.50. The maximum Gasteiger partial charge on any atom is 0.248 e. The molecule has 1 N–H and O–H groups in total. The molecule has 1 amide bonds. The van der Waals surface area contributed by atoms with Gasteiger partial charge in [0.1, 0.15) is 23.0 Å². The van der Waals surface area contributed by atoms with Crippen molar-refractivity contribution in [3.8, 4) is 39.7 Å². The Bertz CT molecular complexity index is 1570. The first-order chi connectivity index (χ1) is 16.6. The normalized spacial score (nSPS) is 10.7. The third-order valence-corrected chi connectivity index (χ3v) is 5.31. The van der Waals surface area contributed by atoms with Crippen molar-refractivity contribution in [2.75, 3.05) is 5.32 Å². The van der Waals surface area contributed by atoms with Crippen molar-refractivity contribution < 1.29 is 4.79 Å². The lowest BCUT2D eigenvalue weighted by Gasteiger charge is -2.09. The van der Waals surface area contributed by atoms with E-state index < -0.39 is 0 Å². The number of carbonyl (C=O) groups excluding carboxylic acids is 1. The molecule has 0 unspecified atom stereocenters. The van der Waals surface area contributed by atoms with Crippen molar-refractivity contribution in [3.05, 3.63) is 85.6 Å². The number of benzene rings is 1. The van der Waals surface area contributed by atoms with Crippen molar-refractivity contribution in [1.82, 2.24) is 29.4 Å². The molecule has 0 saturated heterocycles. The predicted octanol–water partition coefficient (Wildman–Crippen LogP) is 3.85. The van der Waals surface area contributed by atoms with E-state index in [2.05, 4.69) is 33.1 Å². The molecule has 9 heteroatoms. The number of nitriles is 1. The molecule has 0 atom stereocenters. The SMILES string of the molecule is C=CC(=O)Nc1ccc(-c2ccc(-c3nc(-c4cnn(C)c4)cn4ncc(C#N)c34)cc2)cn1. The van der Waals surface area contributed by atoms with E-state index in [1.807, 2.05) is 43.6 Å². The van der Waals surface area contributed by atoms with Gasteiger partial charge in [0.15, 0.2) is 0 Å². The van der Waals surface area contributed by atoms with E-state index in [1.165, 1.54) is 6.08 Å². The van der Waals surface area contributed by atoms with Crippen LogP contribution >= 0.6 is 0 Å². The maximum absolute atomic E-state index is 11.4. The minimum atomic E-state index is -0.312. The highest BCUT2D eigenvalue weighted by atomic mass is 16.1. The van der Waals surface area contributed by atoms with Crippen molar-refractivity contribution >= 4 is 17.2 Å². The van der Waals surface area contributed by atoms with Crippen LogP contribution < -0.4 is 5.32 Å². The fourth-order valence-electron chi connectivity index (χ4n) is 3.63. The molecule has 34 heavy (non-hydrogen) atoms. The summed E-state index contributed by atoms with van der Waals surface area (Å²) in [6.45, 7) is 3.43. The molecule has 0 aliphatic carbocycles. The van der Waals surface area contributed by atoms with Crippen molar-refractivity contribution in [2.45, 2.75) is 0 Å². The van der Waals surface area contributed by atoms with Crippen LogP contribution in [0.5, 0.6) is 0 Å². The van der Waals surface area contributed by atoms with Gasteiger partial charge in [-0.15, -0.1) is 0 Å². The topological polar surface area (TPSA) is 114 Å². The Morgan fingerprint density at radius 1 is 1.00 bits per heavy atom. The molecule has 0 spiro atoms. The van der Waals surface area contributed by atoms with Crippen LogP contribution in [0.2, 0.25) is 0 Å². The van der Waals surface area contributed by atoms with E-state index in [0.29, 0.717) is 28.3 Å². The molecule has 0 fully saturated rings. The molecule has 9 nitrogen and oxygen atoms in total. The standard InChI is InChI=1S/C25H18N8O/c1-3-23(34)31-22-9-8-18(11-27-22)16-4-6-17(7-5-16)24-25-19(10-26)12-29-33(25)15-21(30-24)20-13-28-32(2)14-20/h3-9,11-15H,1H2,2H3,(H,27,31,34). The van der Waals surface area contributed by atoms with Crippen molar-refractivity contribution in [2.24, 2.45) is 7.05 Å². The first-order valence-corrected chi connectivity index (χ1v) is 10.3. The Morgan fingerprint density at radius 3 is 2.41 bits per heavy atom. The van der Waals surface area contributed by atoms with Crippen LogP contribution in [0, 0.1) is 11.3 Å². The van der Waals surface area contributed by atoms with E-state index in [-0.39, 0.29) is 5.91 Å². The third-order valence-electron chi connectivity index (χ3n) is 5.31. The monoisotopic (exact) mass is 446 g/mol. The summed E-state index contributed by atoms with van der Waals surface area (Å²) >= 11 is 0. The van der Waals surface area contributed by atoms with Gasteiger partial charge in [0.05, 0.1) is 30.0 Å². The second kappa shape index (κ2) is 8.44. The lowest BCUT2D eigenvalue weighted by Crippen LogP contribution is -2.08. The summed E-state index contributed by atoms with van der Waals surface area (Å²) in [6.07, 6.45) is 9.84. The highest BCUT2D eigenvalue weighted by Crippen LogP contribution is 2.30. The smallest absolute Gasteiger partial charge is 0.248 e. The molecule has 0 radical (unpaired) electrons. The number of carbonyl (C=O) groups is 1. The van der Waals surface area contributed by atoms with Crippen molar-refractivity contribution in [3.63, 3.8) is 0 Å². The zero-order valence-electron chi connectivity index (χ0n) is 18.2. The van der Waals surface area contributed by atoms with Gasteiger partial charge in [0.2, 0.25) is 5.91 Å². The molecule has 164 valence electrons. The van der Waals surface area contributed by atoms with Crippen LogP contribution in [-0.2, 0) is 11.8 Å². The van der Waals surface area contributed by atoms with Gasteiger partial charge >= 0.3 is 0 Å². The number of aryl methyl sites for hydroxylation is 1. The number of nitrogens with zero attached hydrogens (tertiary/aromatic N) is 7. The molecule has 0 aliphatic rings. The number of amides is 1. The van der Waals surface area contributed by atoms with Gasteiger partial charge in [-0.1, -0.05) is 30.8 Å². The minimum absolute atomic E-state index is 0.312. The number of fused-ring (bicyclic) bond motifs is 1. The summed E-state index contributed by atoms with van der Waals surface area (Å²) in [5.41, 5.74) is 6.00. The molecule has 4 aromatic heterocycles. The molecule has 0 saturated carbocycles. The first-order valence-electron chi connectivity index (χ1n) is 10.3. The number of aromatic nitrogens is 6. The Kier molecular flexibility index (Phi) is 5.16. The lowest BCUT2D eigenvalue weighted by atomic mass is 10.0. The summed E-state index contributed by atoms with van der Waals surface area (Å²) in [6, 6.07) is 13.6. The van der Waals surface area contributed by atoms with Gasteiger partial charge in [0.25, 0.3) is 0 Å². The Morgan fingerprint density at radius 2 is 1.76 bits per heavy atom. The van der Waals surface area contributed by atoms with Crippen LogP contribution in [0.3, 0.4) is 0 Å². The minimum Gasteiger partial charge on any atom is -0.307 e. The molecule has 4 heterocycles.